The van der Waals surface area contributed by atoms with Crippen molar-refractivity contribution >= 4 is 34.5 Å². The number of rotatable bonds is 3. The van der Waals surface area contributed by atoms with Gasteiger partial charge >= 0.3 is 6.03 Å². The predicted molar refractivity (Wildman–Crippen MR) is 126 cm³/mol. The van der Waals surface area contributed by atoms with Crippen LogP contribution < -0.4 is 15.5 Å². The molecule has 1 unspecified atom stereocenters. The average Bonchev–Trinajstić information content (AvgIpc) is 3.43. The van der Waals surface area contributed by atoms with Crippen LogP contribution in [0.25, 0.3) is 0 Å². The number of fused-ring (bicyclic) bond motifs is 1. The molecule has 0 saturated carbocycles. The number of anilines is 2. The topological polar surface area (TPSA) is 74.6 Å². The minimum Gasteiger partial charge on any atom is -0.467 e. The highest BCUT2D eigenvalue weighted by Crippen LogP contribution is 2.48. The number of carbonyl (C=O) groups is 2. The van der Waals surface area contributed by atoms with Gasteiger partial charge in [0.1, 0.15) is 11.8 Å². The minimum atomic E-state index is -0.499. The minimum absolute atomic E-state index is 0.0822. The van der Waals surface area contributed by atoms with Gasteiger partial charge in [0.2, 0.25) is 0 Å². The van der Waals surface area contributed by atoms with Crippen molar-refractivity contribution in [2.45, 2.75) is 39.3 Å². The molecule has 0 spiro atoms. The first-order valence-corrected chi connectivity index (χ1v) is 11.6. The molecule has 164 valence electrons. The monoisotopic (exact) mass is 447 g/mol. The van der Waals surface area contributed by atoms with E-state index in [0.717, 1.165) is 28.4 Å². The number of furan rings is 1. The van der Waals surface area contributed by atoms with E-state index in [4.69, 9.17) is 4.42 Å². The molecule has 1 atom stereocenters. The highest BCUT2D eigenvalue weighted by atomic mass is 32.1. The van der Waals surface area contributed by atoms with Crippen LogP contribution in [0, 0.1) is 5.41 Å². The quantitative estimate of drug-likeness (QED) is 0.527. The summed E-state index contributed by atoms with van der Waals surface area (Å²) in [6, 6.07) is 14.5. The van der Waals surface area contributed by atoms with Crippen molar-refractivity contribution in [2.75, 3.05) is 10.2 Å². The molecular weight excluding hydrogens is 422 g/mol. The fraction of sp³-hybridized carbons (Fsp3) is 0.280. The smallest absolute Gasteiger partial charge is 0.323 e. The summed E-state index contributed by atoms with van der Waals surface area (Å²) in [6.45, 7) is 4.49. The summed E-state index contributed by atoms with van der Waals surface area (Å²) in [6.07, 6.45) is 2.78. The Hall–Kier alpha value is -3.32. The SMILES string of the molecule is CC1(C)CC(=O)C2=C(C1)Nc1ccccc1N(C(=O)NCc1ccco1)C2c1cccs1. The van der Waals surface area contributed by atoms with Crippen LogP contribution >= 0.6 is 11.3 Å². The number of nitrogens with one attached hydrogen (secondary N) is 2. The van der Waals surface area contributed by atoms with Gasteiger partial charge in [-0.15, -0.1) is 11.3 Å². The van der Waals surface area contributed by atoms with E-state index in [1.54, 1.807) is 28.6 Å². The van der Waals surface area contributed by atoms with Crippen molar-refractivity contribution in [2.24, 2.45) is 5.41 Å². The molecule has 6 nitrogen and oxygen atoms in total. The highest BCUT2D eigenvalue weighted by molar-refractivity contribution is 7.10. The zero-order chi connectivity index (χ0) is 22.3. The van der Waals surface area contributed by atoms with Crippen LogP contribution in [0.5, 0.6) is 0 Å². The number of amides is 2. The van der Waals surface area contributed by atoms with E-state index >= 15 is 0 Å². The standard InChI is InChI=1S/C25H25N3O3S/c1-25(2)13-18-22(20(29)14-25)23(21-10-6-12-32-21)28(19-9-4-3-8-17(19)27-18)24(30)26-15-16-7-5-11-31-16/h3-12,23,27H,13-15H2,1-2H3,(H,26,30). The predicted octanol–water partition coefficient (Wildman–Crippen LogP) is 5.87. The number of benzene rings is 1. The first kappa shape index (κ1) is 20.6. The third kappa shape index (κ3) is 3.73. The van der Waals surface area contributed by atoms with Crippen LogP contribution in [-0.4, -0.2) is 11.8 Å². The van der Waals surface area contributed by atoms with E-state index in [2.05, 4.69) is 24.5 Å². The lowest BCUT2D eigenvalue weighted by Crippen LogP contribution is -2.44. The van der Waals surface area contributed by atoms with Gasteiger partial charge in [0.15, 0.2) is 5.78 Å². The molecule has 2 amide bonds. The van der Waals surface area contributed by atoms with E-state index in [0.29, 0.717) is 17.8 Å². The van der Waals surface area contributed by atoms with Crippen LogP contribution in [0.4, 0.5) is 16.2 Å². The number of hydrogen-bond acceptors (Lipinski definition) is 5. The van der Waals surface area contributed by atoms with Gasteiger partial charge in [-0.2, -0.15) is 0 Å². The summed E-state index contributed by atoms with van der Waals surface area (Å²) in [4.78, 5) is 29.8. The number of allylic oxidation sites excluding steroid dienone is 1. The maximum Gasteiger partial charge on any atom is 0.323 e. The first-order chi connectivity index (χ1) is 15.4. The fourth-order valence-corrected chi connectivity index (χ4v) is 5.41. The maximum atomic E-state index is 13.6. The van der Waals surface area contributed by atoms with Crippen LogP contribution in [0.15, 0.2) is 75.9 Å². The van der Waals surface area contributed by atoms with Gasteiger partial charge < -0.3 is 15.1 Å². The van der Waals surface area contributed by atoms with Crippen molar-refractivity contribution in [3.05, 3.63) is 82.1 Å². The molecule has 0 bridgehead atoms. The number of Topliss-reactive ketones (excluding diaryl/α,β-unsaturated/α-hetero) is 1. The second-order valence-electron chi connectivity index (χ2n) is 9.00. The Labute approximate surface area is 190 Å². The molecule has 3 aromatic rings. The van der Waals surface area contributed by atoms with Gasteiger partial charge in [-0.05, 0) is 47.5 Å². The van der Waals surface area contributed by atoms with Gasteiger partial charge in [-0.1, -0.05) is 32.0 Å². The molecule has 3 heterocycles. The number of hydrogen-bond donors (Lipinski definition) is 2. The lowest BCUT2D eigenvalue weighted by atomic mass is 9.74. The summed E-state index contributed by atoms with van der Waals surface area (Å²) in [5.74, 6) is 0.751. The second-order valence-corrected chi connectivity index (χ2v) is 9.98. The van der Waals surface area contributed by atoms with Crippen molar-refractivity contribution in [3.8, 4) is 0 Å². The summed E-state index contributed by atoms with van der Waals surface area (Å²) in [7, 11) is 0. The lowest BCUT2D eigenvalue weighted by molar-refractivity contribution is -0.118. The van der Waals surface area contributed by atoms with Gasteiger partial charge in [0, 0.05) is 22.6 Å². The summed E-state index contributed by atoms with van der Waals surface area (Å²) in [5.41, 5.74) is 2.99. The zero-order valence-electron chi connectivity index (χ0n) is 18.1. The molecule has 32 heavy (non-hydrogen) atoms. The van der Waals surface area contributed by atoms with Crippen molar-refractivity contribution in [1.82, 2.24) is 5.32 Å². The Morgan fingerprint density at radius 3 is 2.78 bits per heavy atom. The average molecular weight is 448 g/mol. The van der Waals surface area contributed by atoms with E-state index in [1.165, 1.54) is 0 Å². The number of para-hydroxylation sites is 2. The van der Waals surface area contributed by atoms with E-state index < -0.39 is 6.04 Å². The first-order valence-electron chi connectivity index (χ1n) is 10.7. The molecule has 2 aromatic heterocycles. The number of nitrogens with zero attached hydrogens (tertiary/aromatic N) is 1. The number of carbonyl (C=O) groups excluding carboxylic acids is 2. The van der Waals surface area contributed by atoms with Gasteiger partial charge in [0.05, 0.1) is 24.2 Å². The summed E-state index contributed by atoms with van der Waals surface area (Å²) in [5, 5.41) is 8.48. The molecule has 2 aliphatic rings. The van der Waals surface area contributed by atoms with E-state index in [1.807, 2.05) is 47.8 Å². The van der Waals surface area contributed by atoms with Gasteiger partial charge in [0.25, 0.3) is 0 Å². The normalized spacial score (nSPS) is 19.6. The fourth-order valence-electron chi connectivity index (χ4n) is 4.59. The Balaban J connectivity index is 1.64. The Morgan fingerprint density at radius 1 is 1.19 bits per heavy atom. The van der Waals surface area contributed by atoms with Crippen LogP contribution in [0.1, 0.15) is 43.4 Å². The molecule has 2 N–H and O–H groups in total. The number of thiophene rings is 1. The Kier molecular flexibility index (Phi) is 5.13. The van der Waals surface area contributed by atoms with Crippen molar-refractivity contribution in [3.63, 3.8) is 0 Å². The molecule has 1 aromatic carbocycles. The zero-order valence-corrected chi connectivity index (χ0v) is 18.9. The van der Waals surface area contributed by atoms with Crippen LogP contribution in [0.3, 0.4) is 0 Å². The molecule has 1 aliphatic carbocycles. The molecule has 5 rings (SSSR count). The molecule has 0 saturated heterocycles. The van der Waals surface area contributed by atoms with Gasteiger partial charge in [-0.3, -0.25) is 9.69 Å². The highest BCUT2D eigenvalue weighted by Gasteiger charge is 2.43. The van der Waals surface area contributed by atoms with E-state index in [9.17, 15) is 9.59 Å². The summed E-state index contributed by atoms with van der Waals surface area (Å²) < 4.78 is 5.38. The number of urea groups is 1. The maximum absolute atomic E-state index is 13.6. The van der Waals surface area contributed by atoms with Gasteiger partial charge in [-0.25, -0.2) is 4.79 Å². The van der Waals surface area contributed by atoms with E-state index in [-0.39, 0.29) is 23.8 Å². The van der Waals surface area contributed by atoms with Crippen LogP contribution in [0.2, 0.25) is 0 Å². The third-order valence-corrected chi connectivity index (χ3v) is 6.85. The molecule has 0 fully saturated rings. The molecular formula is C25H25N3O3S. The second kappa shape index (κ2) is 7.98. The Bertz CT molecular complexity index is 1180. The van der Waals surface area contributed by atoms with Crippen molar-refractivity contribution < 1.29 is 14.0 Å². The molecule has 7 heteroatoms. The van der Waals surface area contributed by atoms with Crippen molar-refractivity contribution in [1.29, 1.82) is 0 Å². The number of ketones is 1. The largest absolute Gasteiger partial charge is 0.467 e. The summed E-state index contributed by atoms with van der Waals surface area (Å²) >= 11 is 1.55. The van der Waals surface area contributed by atoms with Crippen LogP contribution in [-0.2, 0) is 11.3 Å². The lowest BCUT2D eigenvalue weighted by Gasteiger charge is -2.36. The molecule has 1 aliphatic heterocycles. The Morgan fingerprint density at radius 2 is 2.03 bits per heavy atom. The molecule has 0 radical (unpaired) electrons. The third-order valence-electron chi connectivity index (χ3n) is 5.93.